The molecule has 4 nitrogen and oxygen atoms in total. The molecule has 1 rings (SSSR count). The first kappa shape index (κ1) is 12.1. The van der Waals surface area contributed by atoms with Gasteiger partial charge in [-0.2, -0.15) is 5.26 Å². The minimum Gasteiger partial charge on any atom is -0.480 e. The average molecular weight is 218 g/mol. The van der Waals surface area contributed by atoms with Gasteiger partial charge in [-0.25, -0.2) is 4.79 Å². The van der Waals surface area contributed by atoms with Crippen LogP contribution in [0.4, 0.5) is 5.69 Å². The Morgan fingerprint density at radius 3 is 2.69 bits per heavy atom. The normalized spacial score (nSPS) is 11.9. The molecule has 1 aromatic carbocycles. The lowest BCUT2D eigenvalue weighted by Crippen LogP contribution is -2.34. The first-order valence-corrected chi connectivity index (χ1v) is 5.04. The van der Waals surface area contributed by atoms with Gasteiger partial charge in [0.2, 0.25) is 0 Å². The van der Waals surface area contributed by atoms with Crippen LogP contribution in [0.15, 0.2) is 24.3 Å². The third-order valence-electron chi connectivity index (χ3n) is 2.25. The van der Waals surface area contributed by atoms with E-state index in [1.807, 2.05) is 19.9 Å². The maximum Gasteiger partial charge on any atom is 0.326 e. The van der Waals surface area contributed by atoms with Crippen molar-refractivity contribution in [2.45, 2.75) is 19.9 Å². The molecule has 1 aromatic rings. The highest BCUT2D eigenvalue weighted by Crippen LogP contribution is 2.14. The third kappa shape index (κ3) is 2.99. The van der Waals surface area contributed by atoms with Crippen LogP contribution in [0, 0.1) is 17.2 Å². The minimum absolute atomic E-state index is 0.0248. The fourth-order valence-corrected chi connectivity index (χ4v) is 1.37. The number of carboxylic acid groups (broad SMARTS) is 1. The van der Waals surface area contributed by atoms with E-state index in [0.29, 0.717) is 11.3 Å². The zero-order valence-corrected chi connectivity index (χ0v) is 9.27. The Labute approximate surface area is 94.5 Å². The summed E-state index contributed by atoms with van der Waals surface area (Å²) in [4.78, 5) is 11.0. The van der Waals surface area contributed by atoms with Gasteiger partial charge in [-0.15, -0.1) is 0 Å². The van der Waals surface area contributed by atoms with Gasteiger partial charge in [0.25, 0.3) is 0 Å². The highest BCUT2D eigenvalue weighted by atomic mass is 16.4. The molecule has 0 spiro atoms. The van der Waals surface area contributed by atoms with Crippen LogP contribution in [0.5, 0.6) is 0 Å². The Balaban J connectivity index is 2.86. The van der Waals surface area contributed by atoms with Crippen molar-refractivity contribution in [2.24, 2.45) is 5.92 Å². The van der Waals surface area contributed by atoms with Crippen molar-refractivity contribution in [3.63, 3.8) is 0 Å². The lowest BCUT2D eigenvalue weighted by molar-refractivity contribution is -0.138. The van der Waals surface area contributed by atoms with E-state index in [1.165, 1.54) is 0 Å². The number of carbonyl (C=O) groups is 1. The molecule has 16 heavy (non-hydrogen) atoms. The van der Waals surface area contributed by atoms with Crippen LogP contribution < -0.4 is 5.32 Å². The summed E-state index contributed by atoms with van der Waals surface area (Å²) in [5.74, 6) is -0.916. The van der Waals surface area contributed by atoms with E-state index in [4.69, 9.17) is 10.4 Å². The van der Waals surface area contributed by atoms with Crippen molar-refractivity contribution in [2.75, 3.05) is 5.32 Å². The molecule has 0 saturated carbocycles. The molecule has 4 heteroatoms. The van der Waals surface area contributed by atoms with Crippen molar-refractivity contribution < 1.29 is 9.90 Å². The second-order valence-electron chi connectivity index (χ2n) is 3.90. The average Bonchev–Trinajstić information content (AvgIpc) is 2.25. The summed E-state index contributed by atoms with van der Waals surface area (Å²) < 4.78 is 0. The van der Waals surface area contributed by atoms with E-state index in [2.05, 4.69) is 5.32 Å². The molecule has 0 unspecified atom stereocenters. The molecule has 2 N–H and O–H groups in total. The molecule has 0 aliphatic carbocycles. The Morgan fingerprint density at radius 2 is 2.19 bits per heavy atom. The third-order valence-corrected chi connectivity index (χ3v) is 2.25. The molecule has 0 amide bonds. The summed E-state index contributed by atoms with van der Waals surface area (Å²) in [6, 6.07) is 8.15. The van der Waals surface area contributed by atoms with Gasteiger partial charge < -0.3 is 10.4 Å². The molecular weight excluding hydrogens is 204 g/mol. The van der Waals surface area contributed by atoms with E-state index in [-0.39, 0.29) is 5.92 Å². The number of carboxylic acids is 1. The van der Waals surface area contributed by atoms with E-state index >= 15 is 0 Å². The predicted molar refractivity (Wildman–Crippen MR) is 61.0 cm³/mol. The highest BCUT2D eigenvalue weighted by Gasteiger charge is 2.20. The quantitative estimate of drug-likeness (QED) is 0.811. The van der Waals surface area contributed by atoms with Gasteiger partial charge in [-0.3, -0.25) is 0 Å². The number of nitriles is 1. The van der Waals surface area contributed by atoms with Gasteiger partial charge in [0.05, 0.1) is 11.6 Å². The molecule has 0 aliphatic heterocycles. The van der Waals surface area contributed by atoms with Gasteiger partial charge in [-0.05, 0) is 24.1 Å². The van der Waals surface area contributed by atoms with E-state index < -0.39 is 12.0 Å². The Hall–Kier alpha value is -2.02. The van der Waals surface area contributed by atoms with Crippen molar-refractivity contribution in [3.05, 3.63) is 29.8 Å². The smallest absolute Gasteiger partial charge is 0.326 e. The number of benzene rings is 1. The summed E-state index contributed by atoms with van der Waals surface area (Å²) in [6.07, 6.45) is 0. The van der Waals surface area contributed by atoms with Crippen LogP contribution >= 0.6 is 0 Å². The van der Waals surface area contributed by atoms with Gasteiger partial charge in [0.15, 0.2) is 0 Å². The van der Waals surface area contributed by atoms with E-state index in [0.717, 1.165) is 0 Å². The van der Waals surface area contributed by atoms with Crippen molar-refractivity contribution >= 4 is 11.7 Å². The molecular formula is C12H14N2O2. The zero-order chi connectivity index (χ0) is 12.1. The fourth-order valence-electron chi connectivity index (χ4n) is 1.37. The van der Waals surface area contributed by atoms with Gasteiger partial charge in [-0.1, -0.05) is 19.9 Å². The zero-order valence-electron chi connectivity index (χ0n) is 9.27. The lowest BCUT2D eigenvalue weighted by Gasteiger charge is -2.19. The van der Waals surface area contributed by atoms with Crippen LogP contribution in [-0.4, -0.2) is 17.1 Å². The summed E-state index contributed by atoms with van der Waals surface area (Å²) in [5.41, 5.74) is 1.16. The SMILES string of the molecule is CC(C)[C@H](Nc1cccc(C#N)c1)C(=O)O. The standard InChI is InChI=1S/C12H14N2O2/c1-8(2)11(12(15)16)14-10-5-3-4-9(6-10)7-13/h3-6,8,11,14H,1-2H3,(H,15,16)/t11-/m0/s1. The van der Waals surface area contributed by atoms with Crippen molar-refractivity contribution in [1.82, 2.24) is 0 Å². The van der Waals surface area contributed by atoms with Crippen LogP contribution in [-0.2, 0) is 4.79 Å². The molecule has 0 fully saturated rings. The predicted octanol–water partition coefficient (Wildman–Crippen LogP) is 2.08. The Morgan fingerprint density at radius 1 is 1.50 bits per heavy atom. The molecule has 0 aromatic heterocycles. The number of nitrogens with zero attached hydrogens (tertiary/aromatic N) is 1. The molecule has 0 aliphatic rings. The second-order valence-corrected chi connectivity index (χ2v) is 3.90. The molecule has 0 saturated heterocycles. The Kier molecular flexibility index (Phi) is 3.90. The van der Waals surface area contributed by atoms with Crippen LogP contribution in [0.1, 0.15) is 19.4 Å². The largest absolute Gasteiger partial charge is 0.480 e. The fraction of sp³-hybridized carbons (Fsp3) is 0.333. The molecule has 1 atom stereocenters. The number of aliphatic carboxylic acids is 1. The minimum atomic E-state index is -0.891. The monoisotopic (exact) mass is 218 g/mol. The summed E-state index contributed by atoms with van der Waals surface area (Å²) in [7, 11) is 0. The summed E-state index contributed by atoms with van der Waals surface area (Å²) in [6.45, 7) is 3.67. The molecule has 0 radical (unpaired) electrons. The number of nitrogens with one attached hydrogen (secondary N) is 1. The van der Waals surface area contributed by atoms with Crippen LogP contribution in [0.3, 0.4) is 0 Å². The van der Waals surface area contributed by atoms with Crippen LogP contribution in [0.25, 0.3) is 0 Å². The Bertz CT molecular complexity index is 421. The van der Waals surface area contributed by atoms with Gasteiger partial charge >= 0.3 is 5.97 Å². The maximum absolute atomic E-state index is 11.0. The van der Waals surface area contributed by atoms with Gasteiger partial charge in [0, 0.05) is 5.69 Å². The van der Waals surface area contributed by atoms with Crippen LogP contribution in [0.2, 0.25) is 0 Å². The van der Waals surface area contributed by atoms with Gasteiger partial charge in [0.1, 0.15) is 6.04 Å². The maximum atomic E-state index is 11.0. The summed E-state index contributed by atoms with van der Waals surface area (Å²) in [5, 5.41) is 20.6. The highest BCUT2D eigenvalue weighted by molar-refractivity contribution is 5.77. The van der Waals surface area contributed by atoms with E-state index in [1.54, 1.807) is 24.3 Å². The number of rotatable bonds is 4. The van der Waals surface area contributed by atoms with Crippen molar-refractivity contribution in [1.29, 1.82) is 5.26 Å². The number of hydrogen-bond donors (Lipinski definition) is 2. The number of anilines is 1. The van der Waals surface area contributed by atoms with E-state index in [9.17, 15) is 4.79 Å². The molecule has 84 valence electrons. The second kappa shape index (κ2) is 5.17. The molecule has 0 bridgehead atoms. The van der Waals surface area contributed by atoms with Crippen molar-refractivity contribution in [3.8, 4) is 6.07 Å². The number of hydrogen-bond acceptors (Lipinski definition) is 3. The first-order valence-electron chi connectivity index (χ1n) is 5.04. The lowest BCUT2D eigenvalue weighted by atomic mass is 10.0. The summed E-state index contributed by atoms with van der Waals surface area (Å²) >= 11 is 0. The first-order chi connectivity index (χ1) is 7.54. The topological polar surface area (TPSA) is 73.1 Å². The molecule has 0 heterocycles.